The minimum absolute atomic E-state index is 0. The molecule has 0 aromatic heterocycles. The van der Waals surface area contributed by atoms with Crippen molar-refractivity contribution in [3.05, 3.63) is 0 Å². The average Bonchev–Trinajstić information content (AvgIpc) is 2.31. The molecule has 2 atom stereocenters. The zero-order valence-electron chi connectivity index (χ0n) is 10.6. The van der Waals surface area contributed by atoms with Crippen LogP contribution in [0.3, 0.4) is 0 Å². The Labute approximate surface area is 107 Å². The Morgan fingerprint density at radius 1 is 1.12 bits per heavy atom. The summed E-state index contributed by atoms with van der Waals surface area (Å²) < 4.78 is 0. The highest BCUT2D eigenvalue weighted by atomic mass is 35.5. The molecule has 0 spiro atoms. The molecule has 0 amide bonds. The van der Waals surface area contributed by atoms with Gasteiger partial charge in [-0.1, -0.05) is 26.2 Å². The summed E-state index contributed by atoms with van der Waals surface area (Å²) in [7, 11) is 0. The van der Waals surface area contributed by atoms with Crippen molar-refractivity contribution in [2.75, 3.05) is 32.7 Å². The molecule has 2 unspecified atom stereocenters. The molecule has 1 aliphatic heterocycles. The van der Waals surface area contributed by atoms with E-state index in [2.05, 4.69) is 17.1 Å². The summed E-state index contributed by atoms with van der Waals surface area (Å²) in [5, 5.41) is 3.43. The first-order valence-electron chi connectivity index (χ1n) is 6.81. The highest BCUT2D eigenvalue weighted by molar-refractivity contribution is 5.85. The maximum atomic E-state index is 3.43. The summed E-state index contributed by atoms with van der Waals surface area (Å²) in [4.78, 5) is 2.67. The monoisotopic (exact) mass is 246 g/mol. The highest BCUT2D eigenvalue weighted by Gasteiger charge is 2.23. The van der Waals surface area contributed by atoms with Crippen LogP contribution in [0.15, 0.2) is 0 Å². The largest absolute Gasteiger partial charge is 0.314 e. The Morgan fingerprint density at radius 3 is 2.50 bits per heavy atom. The van der Waals surface area contributed by atoms with Crippen molar-refractivity contribution in [3.63, 3.8) is 0 Å². The van der Waals surface area contributed by atoms with Gasteiger partial charge in [-0.3, -0.25) is 0 Å². The van der Waals surface area contributed by atoms with E-state index in [-0.39, 0.29) is 12.4 Å². The van der Waals surface area contributed by atoms with E-state index in [9.17, 15) is 0 Å². The first kappa shape index (κ1) is 14.3. The lowest BCUT2D eigenvalue weighted by molar-refractivity contribution is 0.159. The third-order valence-corrected chi connectivity index (χ3v) is 4.19. The quantitative estimate of drug-likeness (QED) is 0.824. The Bertz CT molecular complexity index is 181. The number of rotatable bonds is 3. The van der Waals surface area contributed by atoms with Gasteiger partial charge < -0.3 is 10.2 Å². The van der Waals surface area contributed by atoms with Gasteiger partial charge in [0.25, 0.3) is 0 Å². The normalized spacial score (nSPS) is 32.1. The summed E-state index contributed by atoms with van der Waals surface area (Å²) in [6, 6.07) is 0. The molecule has 1 aliphatic carbocycles. The zero-order chi connectivity index (χ0) is 10.5. The summed E-state index contributed by atoms with van der Waals surface area (Å²) in [5.41, 5.74) is 0. The molecule has 96 valence electrons. The predicted octanol–water partition coefficient (Wildman–Crippen LogP) is 2.53. The van der Waals surface area contributed by atoms with Crippen LogP contribution in [0.2, 0.25) is 0 Å². The minimum atomic E-state index is 0. The first-order valence-corrected chi connectivity index (χ1v) is 6.81. The SMILES string of the molecule is CCC1CCCC(CN2CCNCC2)C1.Cl. The van der Waals surface area contributed by atoms with Crippen LogP contribution < -0.4 is 5.32 Å². The van der Waals surface area contributed by atoms with Gasteiger partial charge in [-0.2, -0.15) is 0 Å². The molecule has 16 heavy (non-hydrogen) atoms. The standard InChI is InChI=1S/C13H26N2.ClH/c1-2-12-4-3-5-13(10-12)11-15-8-6-14-7-9-15;/h12-14H,2-11H2,1H3;1H. The number of halogens is 1. The van der Waals surface area contributed by atoms with E-state index in [1.54, 1.807) is 0 Å². The van der Waals surface area contributed by atoms with Crippen LogP contribution in [-0.4, -0.2) is 37.6 Å². The molecule has 2 rings (SSSR count). The van der Waals surface area contributed by atoms with Gasteiger partial charge in [-0.15, -0.1) is 12.4 Å². The number of hydrogen-bond donors (Lipinski definition) is 1. The van der Waals surface area contributed by atoms with Crippen LogP contribution in [0.4, 0.5) is 0 Å². The van der Waals surface area contributed by atoms with E-state index < -0.39 is 0 Å². The van der Waals surface area contributed by atoms with Crippen molar-refractivity contribution in [2.45, 2.75) is 39.0 Å². The molecule has 0 aromatic rings. The van der Waals surface area contributed by atoms with Crippen molar-refractivity contribution in [1.29, 1.82) is 0 Å². The van der Waals surface area contributed by atoms with Crippen molar-refractivity contribution < 1.29 is 0 Å². The number of hydrogen-bond acceptors (Lipinski definition) is 2. The van der Waals surface area contributed by atoms with E-state index in [1.165, 1.54) is 64.8 Å². The maximum Gasteiger partial charge on any atom is 0.0107 e. The van der Waals surface area contributed by atoms with Gasteiger partial charge in [-0.25, -0.2) is 0 Å². The van der Waals surface area contributed by atoms with Crippen LogP contribution in [0, 0.1) is 11.8 Å². The lowest BCUT2D eigenvalue weighted by Crippen LogP contribution is -2.45. The highest BCUT2D eigenvalue weighted by Crippen LogP contribution is 2.31. The zero-order valence-corrected chi connectivity index (χ0v) is 11.4. The summed E-state index contributed by atoms with van der Waals surface area (Å²) in [6.07, 6.45) is 7.36. The molecule has 0 bridgehead atoms. The average molecular weight is 247 g/mol. The molecular weight excluding hydrogens is 220 g/mol. The third-order valence-electron chi connectivity index (χ3n) is 4.19. The minimum Gasteiger partial charge on any atom is -0.314 e. The molecule has 1 heterocycles. The molecule has 3 heteroatoms. The Kier molecular flexibility index (Phi) is 6.71. The van der Waals surface area contributed by atoms with Crippen molar-refractivity contribution in [1.82, 2.24) is 10.2 Å². The fourth-order valence-electron chi connectivity index (χ4n) is 3.20. The predicted molar refractivity (Wildman–Crippen MR) is 72.3 cm³/mol. The molecule has 2 aliphatic rings. The topological polar surface area (TPSA) is 15.3 Å². The van der Waals surface area contributed by atoms with Gasteiger partial charge in [0, 0.05) is 32.7 Å². The fourth-order valence-corrected chi connectivity index (χ4v) is 3.20. The second-order valence-electron chi connectivity index (χ2n) is 5.36. The van der Waals surface area contributed by atoms with Crippen molar-refractivity contribution >= 4 is 12.4 Å². The molecule has 2 fully saturated rings. The first-order chi connectivity index (χ1) is 7.38. The summed E-state index contributed by atoms with van der Waals surface area (Å²) in [6.45, 7) is 8.67. The van der Waals surface area contributed by atoms with Gasteiger partial charge in [0.2, 0.25) is 0 Å². The van der Waals surface area contributed by atoms with Gasteiger partial charge in [0.05, 0.1) is 0 Å². The second-order valence-corrected chi connectivity index (χ2v) is 5.36. The van der Waals surface area contributed by atoms with Crippen LogP contribution >= 0.6 is 12.4 Å². The summed E-state index contributed by atoms with van der Waals surface area (Å²) in [5.74, 6) is 2.04. The third kappa shape index (κ3) is 4.23. The number of piperazine rings is 1. The van der Waals surface area contributed by atoms with Gasteiger partial charge in [0.15, 0.2) is 0 Å². The molecule has 1 N–H and O–H groups in total. The van der Waals surface area contributed by atoms with Gasteiger partial charge >= 0.3 is 0 Å². The molecular formula is C13H27ClN2. The van der Waals surface area contributed by atoms with Crippen LogP contribution in [0.5, 0.6) is 0 Å². The van der Waals surface area contributed by atoms with Crippen LogP contribution in [0.25, 0.3) is 0 Å². The smallest absolute Gasteiger partial charge is 0.0107 e. The summed E-state index contributed by atoms with van der Waals surface area (Å²) >= 11 is 0. The Balaban J connectivity index is 0.00000128. The Hall–Kier alpha value is 0.210. The van der Waals surface area contributed by atoms with Gasteiger partial charge in [0.1, 0.15) is 0 Å². The van der Waals surface area contributed by atoms with Crippen molar-refractivity contribution in [3.8, 4) is 0 Å². The molecule has 1 saturated heterocycles. The molecule has 0 aromatic carbocycles. The van der Waals surface area contributed by atoms with Gasteiger partial charge in [-0.05, 0) is 24.7 Å². The molecule has 2 nitrogen and oxygen atoms in total. The maximum absolute atomic E-state index is 3.43. The molecule has 1 saturated carbocycles. The Morgan fingerprint density at radius 2 is 1.81 bits per heavy atom. The van der Waals surface area contributed by atoms with E-state index in [0.29, 0.717) is 0 Å². The van der Waals surface area contributed by atoms with Crippen LogP contribution in [0.1, 0.15) is 39.0 Å². The van der Waals surface area contributed by atoms with E-state index in [1.807, 2.05) is 0 Å². The number of nitrogens with zero attached hydrogens (tertiary/aromatic N) is 1. The van der Waals surface area contributed by atoms with E-state index in [0.717, 1.165) is 11.8 Å². The lowest BCUT2D eigenvalue weighted by atomic mass is 9.80. The van der Waals surface area contributed by atoms with E-state index >= 15 is 0 Å². The second kappa shape index (κ2) is 7.52. The van der Waals surface area contributed by atoms with Crippen molar-refractivity contribution in [2.24, 2.45) is 11.8 Å². The lowest BCUT2D eigenvalue weighted by Gasteiger charge is -2.34. The number of nitrogens with one attached hydrogen (secondary N) is 1. The fraction of sp³-hybridized carbons (Fsp3) is 1.00. The van der Waals surface area contributed by atoms with E-state index in [4.69, 9.17) is 0 Å². The molecule has 0 radical (unpaired) electrons. The van der Waals surface area contributed by atoms with Crippen LogP contribution in [-0.2, 0) is 0 Å².